The summed E-state index contributed by atoms with van der Waals surface area (Å²) >= 11 is 9.94. The minimum absolute atomic E-state index is 0.201. The van der Waals surface area contributed by atoms with Crippen molar-refractivity contribution in [3.63, 3.8) is 0 Å². The second kappa shape index (κ2) is 6.24. The van der Waals surface area contributed by atoms with Crippen LogP contribution in [-0.4, -0.2) is 5.88 Å². The first kappa shape index (κ1) is 13.4. The largest absolute Gasteiger partial charge is 0.126 e. The van der Waals surface area contributed by atoms with Gasteiger partial charge in [0.2, 0.25) is 0 Å². The molecule has 2 rings (SSSR count). The van der Waals surface area contributed by atoms with Gasteiger partial charge < -0.3 is 0 Å². The summed E-state index contributed by atoms with van der Waals surface area (Å²) in [5.41, 5.74) is 2.89. The lowest BCUT2D eigenvalue weighted by atomic mass is 9.87. The summed E-state index contributed by atoms with van der Waals surface area (Å²) in [7, 11) is 0. The van der Waals surface area contributed by atoms with Crippen LogP contribution in [0.2, 0.25) is 0 Å². The molecule has 0 spiro atoms. The Morgan fingerprint density at radius 2 is 1.71 bits per heavy atom. The minimum atomic E-state index is 0.201. The zero-order valence-corrected chi connectivity index (χ0v) is 12.6. The van der Waals surface area contributed by atoms with Gasteiger partial charge in [0.25, 0.3) is 0 Å². The van der Waals surface area contributed by atoms with Crippen LogP contribution >= 0.6 is 27.5 Å². The monoisotopic (exact) mass is 314 g/mol. The maximum atomic E-state index is 5.91. The molecule has 0 atom stereocenters. The van der Waals surface area contributed by atoms with Gasteiger partial charge in [0.05, 0.1) is 4.32 Å². The number of hydrogen-bond acceptors (Lipinski definition) is 0. The van der Waals surface area contributed by atoms with E-state index in [0.717, 1.165) is 6.42 Å². The van der Waals surface area contributed by atoms with Gasteiger partial charge in [0, 0.05) is 5.88 Å². The number of benzene rings is 1. The Labute approximate surface area is 118 Å². The topological polar surface area (TPSA) is 0 Å². The van der Waals surface area contributed by atoms with Crippen molar-refractivity contribution >= 4 is 27.5 Å². The maximum absolute atomic E-state index is 5.91. The molecule has 0 saturated heterocycles. The fraction of sp³-hybridized carbons (Fsp3) is 0.600. The molecule has 1 fully saturated rings. The van der Waals surface area contributed by atoms with Crippen molar-refractivity contribution in [1.29, 1.82) is 0 Å². The van der Waals surface area contributed by atoms with E-state index in [4.69, 9.17) is 11.6 Å². The summed E-state index contributed by atoms with van der Waals surface area (Å²) in [5, 5.41) is 0. The van der Waals surface area contributed by atoms with E-state index in [1.54, 1.807) is 0 Å². The number of aryl methyl sites for hydroxylation is 1. The summed E-state index contributed by atoms with van der Waals surface area (Å²) in [5.74, 6) is 0.708. The molecule has 1 aromatic carbocycles. The molecule has 1 aliphatic carbocycles. The molecular formula is C15H20BrCl. The molecule has 0 unspecified atom stereocenters. The van der Waals surface area contributed by atoms with Gasteiger partial charge in [-0.2, -0.15) is 0 Å². The van der Waals surface area contributed by atoms with Crippen LogP contribution in [0.25, 0.3) is 0 Å². The third-order valence-corrected chi connectivity index (χ3v) is 5.17. The highest BCUT2D eigenvalue weighted by atomic mass is 79.9. The third-order valence-electron chi connectivity index (χ3n) is 3.76. The molecule has 0 aliphatic heterocycles. The van der Waals surface area contributed by atoms with Gasteiger partial charge in [-0.1, -0.05) is 65.9 Å². The molecule has 0 bridgehead atoms. The van der Waals surface area contributed by atoms with Crippen LogP contribution in [0.4, 0.5) is 0 Å². The SMILES string of the molecule is ClCCc1ccccc1C1(Br)CCCCCC1. The molecule has 17 heavy (non-hydrogen) atoms. The van der Waals surface area contributed by atoms with Crippen molar-refractivity contribution in [2.75, 3.05) is 5.88 Å². The Morgan fingerprint density at radius 1 is 1.06 bits per heavy atom. The first-order chi connectivity index (χ1) is 8.26. The van der Waals surface area contributed by atoms with E-state index in [1.807, 2.05) is 0 Å². The molecular weight excluding hydrogens is 296 g/mol. The Hall–Kier alpha value is -0.0100. The zero-order chi connectivity index (χ0) is 12.1. The van der Waals surface area contributed by atoms with Crippen LogP contribution in [-0.2, 0) is 10.7 Å². The predicted octanol–water partition coefficient (Wildman–Crippen LogP) is 5.41. The van der Waals surface area contributed by atoms with E-state index in [9.17, 15) is 0 Å². The standard InChI is InChI=1S/C15H20BrCl/c16-15(10-5-1-2-6-11-15)14-8-4-3-7-13(14)9-12-17/h3-4,7-8H,1-2,5-6,9-12H2. The summed E-state index contributed by atoms with van der Waals surface area (Å²) in [6, 6.07) is 8.78. The smallest absolute Gasteiger partial charge is 0.0508 e. The Bertz CT molecular complexity index is 354. The van der Waals surface area contributed by atoms with Gasteiger partial charge >= 0.3 is 0 Å². The fourth-order valence-electron chi connectivity index (χ4n) is 2.84. The first-order valence-electron chi connectivity index (χ1n) is 6.59. The van der Waals surface area contributed by atoms with E-state index >= 15 is 0 Å². The Kier molecular flexibility index (Phi) is 4.93. The second-order valence-electron chi connectivity index (χ2n) is 4.98. The normalized spacial score (nSPS) is 19.9. The molecule has 1 saturated carbocycles. The van der Waals surface area contributed by atoms with Gasteiger partial charge in [0.1, 0.15) is 0 Å². The quantitative estimate of drug-likeness (QED) is 0.516. The molecule has 2 heteroatoms. The van der Waals surface area contributed by atoms with Gasteiger partial charge in [-0.3, -0.25) is 0 Å². The Morgan fingerprint density at radius 3 is 2.35 bits per heavy atom. The number of rotatable bonds is 3. The summed E-state index contributed by atoms with van der Waals surface area (Å²) in [6.45, 7) is 0. The van der Waals surface area contributed by atoms with Crippen molar-refractivity contribution in [2.24, 2.45) is 0 Å². The van der Waals surface area contributed by atoms with E-state index in [2.05, 4.69) is 40.2 Å². The molecule has 0 amide bonds. The van der Waals surface area contributed by atoms with E-state index < -0.39 is 0 Å². The highest BCUT2D eigenvalue weighted by molar-refractivity contribution is 9.09. The van der Waals surface area contributed by atoms with Gasteiger partial charge in [0.15, 0.2) is 0 Å². The lowest BCUT2D eigenvalue weighted by Crippen LogP contribution is -2.19. The highest BCUT2D eigenvalue weighted by Crippen LogP contribution is 2.44. The van der Waals surface area contributed by atoms with Gasteiger partial charge in [-0.15, -0.1) is 11.6 Å². The molecule has 0 heterocycles. The fourth-order valence-corrected chi connectivity index (χ4v) is 3.99. The van der Waals surface area contributed by atoms with Gasteiger partial charge in [-0.05, 0) is 30.4 Å². The zero-order valence-electron chi connectivity index (χ0n) is 10.2. The van der Waals surface area contributed by atoms with E-state index in [0.29, 0.717) is 5.88 Å². The van der Waals surface area contributed by atoms with Crippen molar-refractivity contribution in [1.82, 2.24) is 0 Å². The van der Waals surface area contributed by atoms with Crippen molar-refractivity contribution < 1.29 is 0 Å². The predicted molar refractivity (Wildman–Crippen MR) is 79.2 cm³/mol. The van der Waals surface area contributed by atoms with E-state index in [1.165, 1.54) is 49.7 Å². The second-order valence-corrected chi connectivity index (χ2v) is 6.87. The van der Waals surface area contributed by atoms with E-state index in [-0.39, 0.29) is 4.32 Å². The first-order valence-corrected chi connectivity index (χ1v) is 7.92. The number of hydrogen-bond donors (Lipinski definition) is 0. The Balaban J connectivity index is 2.29. The van der Waals surface area contributed by atoms with Crippen LogP contribution in [0.5, 0.6) is 0 Å². The van der Waals surface area contributed by atoms with Crippen LogP contribution in [0.1, 0.15) is 49.7 Å². The van der Waals surface area contributed by atoms with Gasteiger partial charge in [-0.25, -0.2) is 0 Å². The summed E-state index contributed by atoms with van der Waals surface area (Å²) in [6.07, 6.45) is 8.92. The average Bonchev–Trinajstić information content (AvgIpc) is 2.56. The number of halogens is 2. The van der Waals surface area contributed by atoms with Crippen LogP contribution < -0.4 is 0 Å². The molecule has 0 N–H and O–H groups in total. The van der Waals surface area contributed by atoms with Crippen molar-refractivity contribution in [3.05, 3.63) is 35.4 Å². The lowest BCUT2D eigenvalue weighted by Gasteiger charge is -2.29. The molecule has 0 radical (unpaired) electrons. The molecule has 0 nitrogen and oxygen atoms in total. The molecule has 0 aromatic heterocycles. The van der Waals surface area contributed by atoms with Crippen LogP contribution in [0.3, 0.4) is 0 Å². The summed E-state index contributed by atoms with van der Waals surface area (Å²) < 4.78 is 0.201. The van der Waals surface area contributed by atoms with Crippen LogP contribution in [0.15, 0.2) is 24.3 Å². The average molecular weight is 316 g/mol. The highest BCUT2D eigenvalue weighted by Gasteiger charge is 2.31. The van der Waals surface area contributed by atoms with Crippen LogP contribution in [0, 0.1) is 0 Å². The molecule has 1 aliphatic rings. The van der Waals surface area contributed by atoms with Crippen molar-refractivity contribution in [2.45, 2.75) is 49.3 Å². The number of alkyl halides is 2. The van der Waals surface area contributed by atoms with Crippen molar-refractivity contribution in [3.8, 4) is 0 Å². The molecule has 94 valence electrons. The maximum Gasteiger partial charge on any atom is 0.0508 e. The lowest BCUT2D eigenvalue weighted by molar-refractivity contribution is 0.545. The molecule has 1 aromatic rings. The minimum Gasteiger partial charge on any atom is -0.126 e. The summed E-state index contributed by atoms with van der Waals surface area (Å²) in [4.78, 5) is 0. The third kappa shape index (κ3) is 3.26.